The molecule has 0 aliphatic heterocycles. The Morgan fingerprint density at radius 3 is 2.71 bits per heavy atom. The molecule has 3 aromatic rings. The van der Waals surface area contributed by atoms with Crippen LogP contribution in [0.3, 0.4) is 0 Å². The van der Waals surface area contributed by atoms with Gasteiger partial charge in [0.1, 0.15) is 5.58 Å². The van der Waals surface area contributed by atoms with E-state index in [1.807, 2.05) is 51.1 Å². The summed E-state index contributed by atoms with van der Waals surface area (Å²) in [6.07, 6.45) is 0.897. The van der Waals surface area contributed by atoms with E-state index >= 15 is 0 Å². The summed E-state index contributed by atoms with van der Waals surface area (Å²) in [4.78, 5) is 12.3. The summed E-state index contributed by atoms with van der Waals surface area (Å²) < 4.78 is 5.91. The van der Waals surface area contributed by atoms with Crippen LogP contribution in [0, 0.1) is 6.92 Å². The second kappa shape index (κ2) is 5.24. The molecule has 3 rings (SSSR count). The molecule has 1 heterocycles. The molecule has 1 unspecified atom stereocenters. The predicted molar refractivity (Wildman–Crippen MR) is 85.7 cm³/mol. The monoisotopic (exact) mass is 281 g/mol. The van der Waals surface area contributed by atoms with Crippen LogP contribution < -0.4 is 5.32 Å². The van der Waals surface area contributed by atoms with Crippen molar-refractivity contribution in [3.63, 3.8) is 0 Å². The zero-order valence-corrected chi connectivity index (χ0v) is 12.6. The topological polar surface area (TPSA) is 42.2 Å². The summed E-state index contributed by atoms with van der Waals surface area (Å²) in [7, 11) is 0. The van der Waals surface area contributed by atoms with Crippen molar-refractivity contribution in [1.82, 2.24) is 5.32 Å². The molecule has 0 spiro atoms. The Labute approximate surface area is 123 Å². The van der Waals surface area contributed by atoms with Gasteiger partial charge in [-0.15, -0.1) is 0 Å². The number of hydrogen-bond donors (Lipinski definition) is 1. The van der Waals surface area contributed by atoms with E-state index < -0.39 is 0 Å². The van der Waals surface area contributed by atoms with Gasteiger partial charge in [-0.1, -0.05) is 43.3 Å². The maximum Gasteiger partial charge on any atom is 0.287 e. The zero-order chi connectivity index (χ0) is 15.0. The van der Waals surface area contributed by atoms with Crippen molar-refractivity contribution < 1.29 is 9.21 Å². The number of fused-ring (bicyclic) bond motifs is 3. The molecule has 0 radical (unpaired) electrons. The molecule has 0 bridgehead atoms. The lowest BCUT2D eigenvalue weighted by Gasteiger charge is -2.09. The van der Waals surface area contributed by atoms with Gasteiger partial charge in [0, 0.05) is 22.4 Å². The fourth-order valence-electron chi connectivity index (χ4n) is 2.56. The predicted octanol–water partition coefficient (Wildman–Crippen LogP) is 4.42. The van der Waals surface area contributed by atoms with Gasteiger partial charge in [0.05, 0.1) is 0 Å². The van der Waals surface area contributed by atoms with Gasteiger partial charge in [-0.25, -0.2) is 0 Å². The molecule has 1 aromatic heterocycles. The van der Waals surface area contributed by atoms with Crippen LogP contribution in [0.2, 0.25) is 0 Å². The van der Waals surface area contributed by atoms with Crippen molar-refractivity contribution in [3.05, 3.63) is 47.7 Å². The molecule has 3 heteroatoms. The van der Waals surface area contributed by atoms with Gasteiger partial charge in [-0.3, -0.25) is 4.79 Å². The van der Waals surface area contributed by atoms with E-state index in [0.717, 1.165) is 33.7 Å². The van der Waals surface area contributed by atoms with Gasteiger partial charge >= 0.3 is 0 Å². The molecule has 1 N–H and O–H groups in total. The lowest BCUT2D eigenvalue weighted by Crippen LogP contribution is -2.32. The molecule has 3 nitrogen and oxygen atoms in total. The standard InChI is InChI=1S/C18H19NO2/c1-4-11(2)19-18(20)16-12(3)14-10-9-13-7-5-6-8-15(13)17(14)21-16/h5-11H,4H2,1-3H3,(H,19,20). The second-order valence-electron chi connectivity index (χ2n) is 5.50. The molecular formula is C18H19NO2. The van der Waals surface area contributed by atoms with E-state index in [4.69, 9.17) is 4.42 Å². The molecule has 108 valence electrons. The average molecular weight is 281 g/mol. The first kappa shape index (κ1) is 13.7. The highest BCUT2D eigenvalue weighted by Crippen LogP contribution is 2.31. The first-order valence-electron chi connectivity index (χ1n) is 7.33. The zero-order valence-electron chi connectivity index (χ0n) is 12.6. The third kappa shape index (κ3) is 2.29. The molecule has 0 saturated heterocycles. The normalized spacial score (nSPS) is 12.7. The van der Waals surface area contributed by atoms with Crippen molar-refractivity contribution in [3.8, 4) is 0 Å². The number of aryl methyl sites for hydroxylation is 1. The largest absolute Gasteiger partial charge is 0.450 e. The minimum atomic E-state index is -0.137. The molecule has 0 aliphatic rings. The van der Waals surface area contributed by atoms with Crippen molar-refractivity contribution in [2.24, 2.45) is 0 Å². The molecule has 2 aromatic carbocycles. The lowest BCUT2D eigenvalue weighted by molar-refractivity contribution is 0.0912. The highest BCUT2D eigenvalue weighted by Gasteiger charge is 2.19. The van der Waals surface area contributed by atoms with Gasteiger partial charge in [-0.2, -0.15) is 0 Å². The van der Waals surface area contributed by atoms with Crippen LogP contribution in [0.5, 0.6) is 0 Å². The highest BCUT2D eigenvalue weighted by molar-refractivity contribution is 6.08. The summed E-state index contributed by atoms with van der Waals surface area (Å²) in [5, 5.41) is 6.13. The van der Waals surface area contributed by atoms with Crippen molar-refractivity contribution in [2.45, 2.75) is 33.2 Å². The minimum Gasteiger partial charge on any atom is -0.450 e. The summed E-state index contributed by atoms with van der Waals surface area (Å²) in [5.74, 6) is 0.281. The average Bonchev–Trinajstić information content (AvgIpc) is 2.85. The summed E-state index contributed by atoms with van der Waals surface area (Å²) in [5.41, 5.74) is 1.69. The SMILES string of the molecule is CCC(C)NC(=O)c1oc2c(ccc3ccccc32)c1C. The van der Waals surface area contributed by atoms with Crippen LogP contribution in [-0.2, 0) is 0 Å². The van der Waals surface area contributed by atoms with E-state index in [-0.39, 0.29) is 11.9 Å². The minimum absolute atomic E-state index is 0.137. The van der Waals surface area contributed by atoms with E-state index in [1.165, 1.54) is 0 Å². The number of carbonyl (C=O) groups is 1. The van der Waals surface area contributed by atoms with Gasteiger partial charge in [0.15, 0.2) is 5.76 Å². The smallest absolute Gasteiger partial charge is 0.287 e. The Morgan fingerprint density at radius 1 is 1.19 bits per heavy atom. The van der Waals surface area contributed by atoms with Crippen molar-refractivity contribution in [2.75, 3.05) is 0 Å². The Bertz CT molecular complexity index is 817. The highest BCUT2D eigenvalue weighted by atomic mass is 16.3. The third-order valence-electron chi connectivity index (χ3n) is 4.02. The maximum absolute atomic E-state index is 12.3. The van der Waals surface area contributed by atoms with Crippen LogP contribution in [0.15, 0.2) is 40.8 Å². The van der Waals surface area contributed by atoms with E-state index in [2.05, 4.69) is 11.4 Å². The Balaban J connectivity index is 2.15. The number of rotatable bonds is 3. The Hall–Kier alpha value is -2.29. The maximum atomic E-state index is 12.3. The fourth-order valence-corrected chi connectivity index (χ4v) is 2.56. The van der Waals surface area contributed by atoms with E-state index in [9.17, 15) is 4.79 Å². The van der Waals surface area contributed by atoms with Crippen molar-refractivity contribution in [1.29, 1.82) is 0 Å². The van der Waals surface area contributed by atoms with Gasteiger partial charge < -0.3 is 9.73 Å². The van der Waals surface area contributed by atoms with Crippen LogP contribution in [0.4, 0.5) is 0 Å². The molecule has 1 atom stereocenters. The number of benzene rings is 2. The molecule has 1 amide bonds. The van der Waals surface area contributed by atoms with E-state index in [1.54, 1.807) is 0 Å². The number of nitrogens with one attached hydrogen (secondary N) is 1. The third-order valence-corrected chi connectivity index (χ3v) is 4.02. The lowest BCUT2D eigenvalue weighted by atomic mass is 10.1. The molecule has 0 saturated carbocycles. The summed E-state index contributed by atoms with van der Waals surface area (Å²) >= 11 is 0. The van der Waals surface area contributed by atoms with Gasteiger partial charge in [0.2, 0.25) is 0 Å². The van der Waals surface area contributed by atoms with Crippen LogP contribution in [0.25, 0.3) is 21.7 Å². The quantitative estimate of drug-likeness (QED) is 0.772. The number of furan rings is 1. The molecule has 0 fully saturated rings. The summed E-state index contributed by atoms with van der Waals surface area (Å²) in [6.45, 7) is 5.97. The van der Waals surface area contributed by atoms with Gasteiger partial charge in [-0.05, 0) is 25.7 Å². The van der Waals surface area contributed by atoms with Crippen LogP contribution in [0.1, 0.15) is 36.4 Å². The second-order valence-corrected chi connectivity index (χ2v) is 5.50. The number of amides is 1. The Kier molecular flexibility index (Phi) is 3.42. The van der Waals surface area contributed by atoms with Crippen LogP contribution in [-0.4, -0.2) is 11.9 Å². The van der Waals surface area contributed by atoms with Crippen molar-refractivity contribution >= 4 is 27.6 Å². The Morgan fingerprint density at radius 2 is 1.95 bits per heavy atom. The fraction of sp³-hybridized carbons (Fsp3) is 0.278. The van der Waals surface area contributed by atoms with Crippen LogP contribution >= 0.6 is 0 Å². The molecule has 0 aliphatic carbocycles. The first-order chi connectivity index (χ1) is 10.1. The number of hydrogen-bond acceptors (Lipinski definition) is 2. The molecule has 21 heavy (non-hydrogen) atoms. The van der Waals surface area contributed by atoms with Gasteiger partial charge in [0.25, 0.3) is 5.91 Å². The molecular weight excluding hydrogens is 262 g/mol. The van der Waals surface area contributed by atoms with E-state index in [0.29, 0.717) is 5.76 Å². The summed E-state index contributed by atoms with van der Waals surface area (Å²) in [6, 6.07) is 12.3. The first-order valence-corrected chi connectivity index (χ1v) is 7.33. The number of carbonyl (C=O) groups excluding carboxylic acids is 1.